The van der Waals surface area contributed by atoms with E-state index in [0.29, 0.717) is 49.5 Å². The molecule has 3 rings (SSSR count). The molecule has 2 aliphatic rings. The Morgan fingerprint density at radius 2 is 1.68 bits per heavy atom. The standard InChI is InChI=1S/C21H28N2O6S2/c1-21(2,31(27,28)14-15-8-10-29-11-9-15)20(24)13-17-12-19(23-22-17)16-4-6-18(7-5-16)30(3,25)26/h4-7,15H,8-14H2,1-3H3. The zero-order chi connectivity index (χ0) is 22.9. The number of sulfone groups is 2. The number of benzene rings is 1. The Balaban J connectivity index is 1.62. The lowest BCUT2D eigenvalue weighted by Crippen LogP contribution is -2.44. The second kappa shape index (κ2) is 8.91. The molecule has 1 fully saturated rings. The molecular formula is C21H28N2O6S2. The van der Waals surface area contributed by atoms with E-state index >= 15 is 0 Å². The zero-order valence-electron chi connectivity index (χ0n) is 18.0. The average Bonchev–Trinajstić information content (AvgIpc) is 3.16. The SMILES string of the molecule is CC(C)(C(=O)CC1=NN=C(c2ccc(S(C)(=O)=O)cc2)C1)S(=O)(=O)CC1CCOCC1. The lowest BCUT2D eigenvalue weighted by atomic mass is 9.98. The first-order valence-corrected chi connectivity index (χ1v) is 13.7. The van der Waals surface area contributed by atoms with E-state index in [9.17, 15) is 21.6 Å². The van der Waals surface area contributed by atoms with Gasteiger partial charge in [-0.15, -0.1) is 0 Å². The van der Waals surface area contributed by atoms with Crippen LogP contribution in [-0.4, -0.2) is 64.0 Å². The Morgan fingerprint density at radius 3 is 2.26 bits per heavy atom. The van der Waals surface area contributed by atoms with Crippen molar-refractivity contribution < 1.29 is 26.4 Å². The van der Waals surface area contributed by atoms with Gasteiger partial charge in [-0.3, -0.25) is 4.79 Å². The number of ether oxygens (including phenoxy) is 1. The molecule has 0 atom stereocenters. The Kier molecular flexibility index (Phi) is 6.83. The van der Waals surface area contributed by atoms with Gasteiger partial charge >= 0.3 is 0 Å². The van der Waals surface area contributed by atoms with Crippen LogP contribution in [0.15, 0.2) is 39.4 Å². The highest BCUT2D eigenvalue weighted by Gasteiger charge is 2.42. The molecule has 1 saturated heterocycles. The smallest absolute Gasteiger partial charge is 0.175 e. The van der Waals surface area contributed by atoms with Gasteiger partial charge in [-0.2, -0.15) is 10.2 Å². The molecule has 0 saturated carbocycles. The molecule has 8 nitrogen and oxygen atoms in total. The van der Waals surface area contributed by atoms with E-state index in [-0.39, 0.29) is 23.0 Å². The summed E-state index contributed by atoms with van der Waals surface area (Å²) in [6.45, 7) is 4.03. The maximum absolute atomic E-state index is 13.0. The molecule has 0 radical (unpaired) electrons. The summed E-state index contributed by atoms with van der Waals surface area (Å²) in [5.74, 6) is -0.405. The summed E-state index contributed by atoms with van der Waals surface area (Å²) in [5.41, 5.74) is 1.83. The fourth-order valence-electron chi connectivity index (χ4n) is 3.55. The van der Waals surface area contributed by atoms with Gasteiger partial charge in [-0.05, 0) is 50.3 Å². The molecule has 10 heteroatoms. The summed E-state index contributed by atoms with van der Waals surface area (Å²) in [7, 11) is -6.93. The van der Waals surface area contributed by atoms with Gasteiger partial charge in [0, 0.05) is 32.3 Å². The summed E-state index contributed by atoms with van der Waals surface area (Å²) in [6.07, 6.45) is 2.74. The van der Waals surface area contributed by atoms with Crippen LogP contribution < -0.4 is 0 Å². The van der Waals surface area contributed by atoms with Crippen molar-refractivity contribution in [3.05, 3.63) is 29.8 Å². The lowest BCUT2D eigenvalue weighted by molar-refractivity contribution is -0.119. The van der Waals surface area contributed by atoms with Crippen molar-refractivity contribution in [1.82, 2.24) is 0 Å². The first kappa shape index (κ1) is 23.7. The van der Waals surface area contributed by atoms with Crippen LogP contribution in [0.1, 0.15) is 45.1 Å². The zero-order valence-corrected chi connectivity index (χ0v) is 19.6. The van der Waals surface area contributed by atoms with Crippen LogP contribution in [0.3, 0.4) is 0 Å². The van der Waals surface area contributed by atoms with Gasteiger partial charge in [0.1, 0.15) is 4.75 Å². The molecule has 0 bridgehead atoms. The van der Waals surface area contributed by atoms with Crippen LogP contribution in [0, 0.1) is 5.92 Å². The minimum absolute atomic E-state index is 0.0134. The van der Waals surface area contributed by atoms with Crippen LogP contribution in [0.2, 0.25) is 0 Å². The quantitative estimate of drug-likeness (QED) is 0.577. The summed E-state index contributed by atoms with van der Waals surface area (Å²) in [4.78, 5) is 13.1. The van der Waals surface area contributed by atoms with E-state index in [0.717, 1.165) is 6.26 Å². The maximum Gasteiger partial charge on any atom is 0.175 e. The number of hydrogen-bond donors (Lipinski definition) is 0. The number of carbonyl (C=O) groups is 1. The van der Waals surface area contributed by atoms with Crippen LogP contribution in [0.25, 0.3) is 0 Å². The first-order chi connectivity index (χ1) is 14.4. The van der Waals surface area contributed by atoms with E-state index in [1.165, 1.54) is 26.0 Å². The Hall–Kier alpha value is -1.91. The van der Waals surface area contributed by atoms with E-state index in [1.54, 1.807) is 12.1 Å². The Bertz CT molecular complexity index is 1110. The maximum atomic E-state index is 13.0. The second-order valence-electron chi connectivity index (χ2n) is 8.63. The highest BCUT2D eigenvalue weighted by Crippen LogP contribution is 2.27. The molecule has 2 aliphatic heterocycles. The van der Waals surface area contributed by atoms with Gasteiger partial charge in [0.15, 0.2) is 25.5 Å². The monoisotopic (exact) mass is 468 g/mol. The molecule has 0 N–H and O–H groups in total. The van der Waals surface area contributed by atoms with Crippen LogP contribution in [0.5, 0.6) is 0 Å². The first-order valence-electron chi connectivity index (χ1n) is 10.2. The number of hydrogen-bond acceptors (Lipinski definition) is 8. The fourth-order valence-corrected chi connectivity index (χ4v) is 5.97. The van der Waals surface area contributed by atoms with Gasteiger partial charge in [0.2, 0.25) is 0 Å². The number of Topliss-reactive ketones (excluding diaryl/α,β-unsaturated/α-hetero) is 1. The van der Waals surface area contributed by atoms with E-state index in [1.807, 2.05) is 0 Å². The summed E-state index contributed by atoms with van der Waals surface area (Å²) >= 11 is 0. The number of carbonyl (C=O) groups excluding carboxylic acids is 1. The van der Waals surface area contributed by atoms with Crippen LogP contribution in [-0.2, 0) is 29.2 Å². The van der Waals surface area contributed by atoms with E-state index in [2.05, 4.69) is 10.2 Å². The molecule has 0 unspecified atom stereocenters. The highest BCUT2D eigenvalue weighted by molar-refractivity contribution is 7.93. The molecular weight excluding hydrogens is 440 g/mol. The molecule has 0 aromatic heterocycles. The predicted molar refractivity (Wildman–Crippen MR) is 119 cm³/mol. The largest absolute Gasteiger partial charge is 0.381 e. The van der Waals surface area contributed by atoms with Crippen molar-refractivity contribution in [2.24, 2.45) is 16.1 Å². The summed E-state index contributed by atoms with van der Waals surface area (Å²) < 4.78 is 52.9. The van der Waals surface area contributed by atoms with Gasteiger partial charge in [-0.1, -0.05) is 12.1 Å². The third kappa shape index (κ3) is 5.48. The van der Waals surface area contributed by atoms with Gasteiger partial charge in [0.25, 0.3) is 0 Å². The van der Waals surface area contributed by atoms with Crippen molar-refractivity contribution in [2.75, 3.05) is 25.2 Å². The van der Waals surface area contributed by atoms with E-state index < -0.39 is 30.2 Å². The average molecular weight is 469 g/mol. The van der Waals surface area contributed by atoms with Crippen molar-refractivity contribution in [2.45, 2.75) is 49.2 Å². The van der Waals surface area contributed by atoms with E-state index in [4.69, 9.17) is 4.74 Å². The molecule has 0 aliphatic carbocycles. The highest BCUT2D eigenvalue weighted by atomic mass is 32.2. The number of rotatable bonds is 8. The third-order valence-corrected chi connectivity index (χ3v) is 9.73. The molecule has 1 aromatic rings. The van der Waals surface area contributed by atoms with Gasteiger partial charge in [-0.25, -0.2) is 16.8 Å². The number of ketones is 1. The lowest BCUT2D eigenvalue weighted by Gasteiger charge is -2.28. The number of nitrogens with zero attached hydrogens (tertiary/aromatic N) is 2. The Labute approximate surface area is 183 Å². The summed E-state index contributed by atoms with van der Waals surface area (Å²) in [5, 5.41) is 8.18. The minimum atomic E-state index is -3.64. The fraction of sp³-hybridized carbons (Fsp3) is 0.571. The van der Waals surface area contributed by atoms with Crippen LogP contribution in [0.4, 0.5) is 0 Å². The van der Waals surface area contributed by atoms with Gasteiger partial charge < -0.3 is 4.74 Å². The van der Waals surface area contributed by atoms with Crippen molar-refractivity contribution >= 4 is 36.9 Å². The molecule has 170 valence electrons. The molecule has 2 heterocycles. The normalized spacial score (nSPS) is 18.5. The third-order valence-electron chi connectivity index (χ3n) is 5.91. The van der Waals surface area contributed by atoms with Gasteiger partial charge in [0.05, 0.1) is 22.1 Å². The molecule has 0 amide bonds. The van der Waals surface area contributed by atoms with Crippen LogP contribution >= 0.6 is 0 Å². The topological polar surface area (TPSA) is 119 Å². The van der Waals surface area contributed by atoms with Crippen molar-refractivity contribution in [3.8, 4) is 0 Å². The Morgan fingerprint density at radius 1 is 1.06 bits per heavy atom. The van der Waals surface area contributed by atoms with Crippen molar-refractivity contribution in [1.29, 1.82) is 0 Å². The molecule has 0 spiro atoms. The molecule has 1 aromatic carbocycles. The minimum Gasteiger partial charge on any atom is -0.381 e. The van der Waals surface area contributed by atoms with Crippen molar-refractivity contribution in [3.63, 3.8) is 0 Å². The molecule has 31 heavy (non-hydrogen) atoms. The predicted octanol–water partition coefficient (Wildman–Crippen LogP) is 2.22. The summed E-state index contributed by atoms with van der Waals surface area (Å²) in [6, 6.07) is 6.31. The second-order valence-corrected chi connectivity index (χ2v) is 13.2.